The summed E-state index contributed by atoms with van der Waals surface area (Å²) in [7, 11) is 3.73. The van der Waals surface area contributed by atoms with E-state index in [2.05, 4.69) is 32.5 Å². The Morgan fingerprint density at radius 2 is 2.13 bits per heavy atom. The van der Waals surface area contributed by atoms with Crippen LogP contribution in [0, 0.1) is 0 Å². The van der Waals surface area contributed by atoms with Crippen molar-refractivity contribution in [1.82, 2.24) is 20.2 Å². The fourth-order valence-electron chi connectivity index (χ4n) is 3.39. The van der Waals surface area contributed by atoms with E-state index in [0.29, 0.717) is 25.1 Å². The van der Waals surface area contributed by atoms with Gasteiger partial charge in [-0.15, -0.1) is 35.3 Å². The highest BCUT2D eigenvalue weighted by Crippen LogP contribution is 2.23. The van der Waals surface area contributed by atoms with Gasteiger partial charge in [-0.2, -0.15) is 0 Å². The molecule has 0 bridgehead atoms. The van der Waals surface area contributed by atoms with Gasteiger partial charge < -0.3 is 19.7 Å². The third-order valence-corrected chi connectivity index (χ3v) is 6.22. The van der Waals surface area contributed by atoms with E-state index in [0.717, 1.165) is 41.6 Å². The average molecular weight is 560 g/mol. The van der Waals surface area contributed by atoms with Crippen molar-refractivity contribution in [3.8, 4) is 5.88 Å². The quantitative estimate of drug-likeness (QED) is 0.271. The van der Waals surface area contributed by atoms with Gasteiger partial charge in [-0.3, -0.25) is 0 Å². The van der Waals surface area contributed by atoms with Gasteiger partial charge in [-0.25, -0.2) is 15.0 Å². The molecule has 31 heavy (non-hydrogen) atoms. The number of aliphatic imine (C=N–C) groups is 1. The van der Waals surface area contributed by atoms with Crippen LogP contribution in [0.5, 0.6) is 5.88 Å². The summed E-state index contributed by atoms with van der Waals surface area (Å²) in [6, 6.07) is 4.00. The summed E-state index contributed by atoms with van der Waals surface area (Å²) in [5, 5.41) is 6.43. The van der Waals surface area contributed by atoms with Crippen LogP contribution in [-0.4, -0.2) is 47.6 Å². The van der Waals surface area contributed by atoms with Crippen molar-refractivity contribution in [3.63, 3.8) is 0 Å². The highest BCUT2D eigenvalue weighted by Gasteiger charge is 2.17. The second kappa shape index (κ2) is 13.2. The van der Waals surface area contributed by atoms with Crippen molar-refractivity contribution < 1.29 is 9.47 Å². The molecule has 0 saturated heterocycles. The molecule has 0 spiro atoms. The molecule has 1 unspecified atom stereocenters. The Morgan fingerprint density at radius 1 is 1.35 bits per heavy atom. The first-order valence-electron chi connectivity index (χ1n) is 10.7. The SMILES string of the molecule is CCNC(=NCc1ccc(OC2CCCC2)nc1)N(C)Cc1csc(C(C)OC)n1.I. The number of thiazole rings is 1. The number of pyridine rings is 1. The van der Waals surface area contributed by atoms with Gasteiger partial charge in [-0.05, 0) is 45.1 Å². The van der Waals surface area contributed by atoms with E-state index in [1.807, 2.05) is 32.3 Å². The number of hydrogen-bond acceptors (Lipinski definition) is 6. The number of nitrogens with zero attached hydrogens (tertiary/aromatic N) is 4. The lowest BCUT2D eigenvalue weighted by molar-refractivity contribution is 0.119. The highest BCUT2D eigenvalue weighted by atomic mass is 127. The molecule has 1 N–H and O–H groups in total. The minimum atomic E-state index is 0. The predicted octanol–water partition coefficient (Wildman–Crippen LogP) is 4.78. The second-order valence-electron chi connectivity index (χ2n) is 7.61. The van der Waals surface area contributed by atoms with Crippen LogP contribution in [-0.2, 0) is 17.8 Å². The maximum atomic E-state index is 5.94. The van der Waals surface area contributed by atoms with Crippen LogP contribution in [0.4, 0.5) is 0 Å². The zero-order valence-electron chi connectivity index (χ0n) is 18.8. The average Bonchev–Trinajstić information content (AvgIpc) is 3.44. The van der Waals surface area contributed by atoms with Gasteiger partial charge in [0.1, 0.15) is 17.2 Å². The number of ether oxygens (including phenoxy) is 2. The molecule has 0 amide bonds. The molecule has 2 heterocycles. The highest BCUT2D eigenvalue weighted by molar-refractivity contribution is 14.0. The first-order chi connectivity index (χ1) is 14.6. The number of methoxy groups -OCH3 is 1. The Kier molecular flexibility index (Phi) is 11.0. The van der Waals surface area contributed by atoms with Crippen LogP contribution in [0.15, 0.2) is 28.7 Å². The molecular weight excluding hydrogens is 525 g/mol. The van der Waals surface area contributed by atoms with Crippen LogP contribution in [0.25, 0.3) is 0 Å². The molecule has 1 saturated carbocycles. The largest absolute Gasteiger partial charge is 0.474 e. The summed E-state index contributed by atoms with van der Waals surface area (Å²) in [4.78, 5) is 16.0. The first kappa shape index (κ1) is 25.8. The summed E-state index contributed by atoms with van der Waals surface area (Å²) in [5.74, 6) is 1.56. The minimum absolute atomic E-state index is 0. The van der Waals surface area contributed by atoms with Crippen molar-refractivity contribution in [2.45, 2.75) is 64.8 Å². The topological polar surface area (TPSA) is 71.9 Å². The Morgan fingerprint density at radius 3 is 2.77 bits per heavy atom. The summed E-state index contributed by atoms with van der Waals surface area (Å²) in [6.45, 7) is 6.13. The number of nitrogens with one attached hydrogen (secondary N) is 1. The third-order valence-electron chi connectivity index (χ3n) is 5.17. The number of aromatic nitrogens is 2. The molecular formula is C22H34IN5O2S. The lowest BCUT2D eigenvalue weighted by atomic mass is 10.3. The maximum absolute atomic E-state index is 5.94. The van der Waals surface area contributed by atoms with Gasteiger partial charge in [-0.1, -0.05) is 6.07 Å². The monoisotopic (exact) mass is 559 g/mol. The smallest absolute Gasteiger partial charge is 0.213 e. The van der Waals surface area contributed by atoms with Gasteiger partial charge in [0.15, 0.2) is 5.96 Å². The van der Waals surface area contributed by atoms with Gasteiger partial charge in [0, 0.05) is 38.3 Å². The van der Waals surface area contributed by atoms with E-state index in [-0.39, 0.29) is 30.1 Å². The third kappa shape index (κ3) is 7.87. The number of guanidine groups is 1. The Hall–Kier alpha value is -1.46. The van der Waals surface area contributed by atoms with Crippen LogP contribution in [0.2, 0.25) is 0 Å². The molecule has 9 heteroatoms. The van der Waals surface area contributed by atoms with E-state index in [1.165, 1.54) is 12.8 Å². The predicted molar refractivity (Wildman–Crippen MR) is 136 cm³/mol. The Labute approximate surface area is 206 Å². The van der Waals surface area contributed by atoms with Gasteiger partial charge in [0.2, 0.25) is 5.88 Å². The molecule has 2 aromatic rings. The normalized spacial score (nSPS) is 15.4. The molecule has 1 fully saturated rings. The van der Waals surface area contributed by atoms with Gasteiger partial charge in [0.25, 0.3) is 0 Å². The van der Waals surface area contributed by atoms with E-state index in [4.69, 9.17) is 14.5 Å². The first-order valence-corrected chi connectivity index (χ1v) is 11.5. The van der Waals surface area contributed by atoms with E-state index in [1.54, 1.807) is 18.4 Å². The van der Waals surface area contributed by atoms with Crippen molar-refractivity contribution >= 4 is 41.3 Å². The van der Waals surface area contributed by atoms with Crippen LogP contribution >= 0.6 is 35.3 Å². The van der Waals surface area contributed by atoms with Gasteiger partial charge in [0.05, 0.1) is 18.8 Å². The molecule has 0 radical (unpaired) electrons. The van der Waals surface area contributed by atoms with Crippen molar-refractivity contribution in [3.05, 3.63) is 40.0 Å². The fraction of sp³-hybridized carbons (Fsp3) is 0.591. The molecule has 2 aromatic heterocycles. The molecule has 0 aromatic carbocycles. The van der Waals surface area contributed by atoms with Crippen LogP contribution in [0.3, 0.4) is 0 Å². The number of rotatable bonds is 9. The number of halogens is 1. The summed E-state index contributed by atoms with van der Waals surface area (Å²) in [5.41, 5.74) is 2.07. The van der Waals surface area contributed by atoms with Crippen LogP contribution < -0.4 is 10.1 Å². The maximum Gasteiger partial charge on any atom is 0.213 e. The summed E-state index contributed by atoms with van der Waals surface area (Å²) >= 11 is 1.63. The van der Waals surface area contributed by atoms with Crippen molar-refractivity contribution in [1.29, 1.82) is 0 Å². The fourth-order valence-corrected chi connectivity index (χ4v) is 4.23. The van der Waals surface area contributed by atoms with E-state index in [9.17, 15) is 0 Å². The minimum Gasteiger partial charge on any atom is -0.474 e. The molecule has 1 atom stereocenters. The lowest BCUT2D eigenvalue weighted by Gasteiger charge is -2.21. The second-order valence-corrected chi connectivity index (χ2v) is 8.50. The Bertz CT molecular complexity index is 808. The zero-order chi connectivity index (χ0) is 21.3. The van der Waals surface area contributed by atoms with Crippen molar-refractivity contribution in [2.75, 3.05) is 20.7 Å². The zero-order valence-corrected chi connectivity index (χ0v) is 22.0. The molecule has 1 aliphatic rings. The van der Waals surface area contributed by atoms with Crippen molar-refractivity contribution in [2.24, 2.45) is 4.99 Å². The van der Waals surface area contributed by atoms with E-state index < -0.39 is 0 Å². The standard InChI is InChI=1S/C22H33N5O2S.HI/c1-5-23-22(27(3)14-18-15-30-21(26-18)16(2)28-4)25-13-17-10-11-20(24-12-17)29-19-8-6-7-9-19;/h10-12,15-16,19H,5-9,13-14H2,1-4H3,(H,23,25);1H. The van der Waals surface area contributed by atoms with E-state index >= 15 is 0 Å². The van der Waals surface area contributed by atoms with Gasteiger partial charge >= 0.3 is 0 Å². The molecule has 7 nitrogen and oxygen atoms in total. The number of hydrogen-bond donors (Lipinski definition) is 1. The summed E-state index contributed by atoms with van der Waals surface area (Å²) < 4.78 is 11.3. The molecule has 172 valence electrons. The lowest BCUT2D eigenvalue weighted by Crippen LogP contribution is -2.38. The van der Waals surface area contributed by atoms with Crippen LogP contribution in [0.1, 0.15) is 61.9 Å². The molecule has 0 aliphatic heterocycles. The summed E-state index contributed by atoms with van der Waals surface area (Å²) in [6.07, 6.45) is 6.99. The molecule has 1 aliphatic carbocycles. The Balaban J connectivity index is 0.00000341. The molecule has 3 rings (SSSR count).